The van der Waals surface area contributed by atoms with Gasteiger partial charge in [-0.05, 0) is 44.5 Å². The maximum Gasteiger partial charge on any atom is 0.318 e. The van der Waals surface area contributed by atoms with Gasteiger partial charge in [-0.15, -0.1) is 0 Å². The number of rotatable bonds is 8. The second kappa shape index (κ2) is 11.6. The summed E-state index contributed by atoms with van der Waals surface area (Å²) in [6, 6.07) is 14.2. The molecule has 8 nitrogen and oxygen atoms in total. The lowest BCUT2D eigenvalue weighted by Gasteiger charge is -2.30. The zero-order valence-electron chi connectivity index (χ0n) is 20.9. The molecular formula is C26H33ClN4O4. The molecule has 188 valence electrons. The topological polar surface area (TPSA) is 83.5 Å². The van der Waals surface area contributed by atoms with E-state index in [1.54, 1.807) is 20.3 Å². The normalized spacial score (nSPS) is 15.5. The Balaban J connectivity index is 1.92. The van der Waals surface area contributed by atoms with Crippen LogP contribution < -0.4 is 10.1 Å². The molecule has 0 saturated carbocycles. The van der Waals surface area contributed by atoms with Crippen molar-refractivity contribution in [2.24, 2.45) is 5.10 Å². The highest BCUT2D eigenvalue weighted by Gasteiger charge is 2.35. The Morgan fingerprint density at radius 3 is 2.57 bits per heavy atom. The molecule has 1 aliphatic rings. The van der Waals surface area contributed by atoms with Crippen molar-refractivity contribution in [1.82, 2.24) is 15.2 Å². The second-order valence-electron chi connectivity index (χ2n) is 9.35. The number of carbonyl (C=O) groups excluding carboxylic acids is 2. The third-order valence-corrected chi connectivity index (χ3v) is 5.84. The van der Waals surface area contributed by atoms with Crippen LogP contribution in [0.3, 0.4) is 0 Å². The first kappa shape index (κ1) is 26.5. The summed E-state index contributed by atoms with van der Waals surface area (Å²) in [6.07, 6.45) is 0.481. The quantitative estimate of drug-likeness (QED) is 0.579. The highest BCUT2D eigenvalue weighted by atomic mass is 35.5. The van der Waals surface area contributed by atoms with Crippen LogP contribution in [0.5, 0.6) is 5.75 Å². The number of nitrogens with one attached hydrogen (secondary N) is 1. The van der Waals surface area contributed by atoms with E-state index in [1.165, 1.54) is 9.91 Å². The van der Waals surface area contributed by atoms with Gasteiger partial charge in [-0.25, -0.2) is 9.80 Å². The predicted octanol–water partition coefficient (Wildman–Crippen LogP) is 4.48. The Hall–Kier alpha value is -3.10. The van der Waals surface area contributed by atoms with Gasteiger partial charge in [-0.1, -0.05) is 41.9 Å². The van der Waals surface area contributed by atoms with Gasteiger partial charge in [0.05, 0.1) is 25.5 Å². The van der Waals surface area contributed by atoms with Crippen LogP contribution in [-0.4, -0.2) is 67.0 Å². The Labute approximate surface area is 211 Å². The number of ether oxygens (including phenoxy) is 2. The lowest BCUT2D eigenvalue weighted by molar-refractivity contribution is -0.133. The number of hydrogen-bond donors (Lipinski definition) is 1. The Bertz CT molecular complexity index is 1080. The number of benzene rings is 2. The molecule has 3 amide bonds. The number of amides is 3. The van der Waals surface area contributed by atoms with Crippen molar-refractivity contribution in [3.8, 4) is 5.75 Å². The molecule has 35 heavy (non-hydrogen) atoms. The molecule has 0 radical (unpaired) electrons. The summed E-state index contributed by atoms with van der Waals surface area (Å²) in [5.41, 5.74) is 1.95. The van der Waals surface area contributed by atoms with Crippen LogP contribution in [-0.2, 0) is 9.53 Å². The summed E-state index contributed by atoms with van der Waals surface area (Å²) < 4.78 is 10.5. The number of hydrazone groups is 1. The molecule has 9 heteroatoms. The minimum atomic E-state index is -0.448. The number of carbonyl (C=O) groups is 2. The third-order valence-electron chi connectivity index (χ3n) is 5.49. The highest BCUT2D eigenvalue weighted by molar-refractivity contribution is 6.31. The Morgan fingerprint density at radius 1 is 1.17 bits per heavy atom. The molecule has 0 fully saturated rings. The van der Waals surface area contributed by atoms with E-state index < -0.39 is 11.6 Å². The van der Waals surface area contributed by atoms with Crippen LogP contribution in [0.15, 0.2) is 53.6 Å². The molecule has 1 aliphatic heterocycles. The van der Waals surface area contributed by atoms with Crippen molar-refractivity contribution in [3.63, 3.8) is 0 Å². The van der Waals surface area contributed by atoms with Gasteiger partial charge < -0.3 is 19.7 Å². The van der Waals surface area contributed by atoms with Gasteiger partial charge in [0.15, 0.2) is 0 Å². The van der Waals surface area contributed by atoms with E-state index in [2.05, 4.69) is 5.32 Å². The molecule has 3 rings (SSSR count). The average molecular weight is 501 g/mol. The van der Waals surface area contributed by atoms with E-state index in [0.717, 1.165) is 16.8 Å². The van der Waals surface area contributed by atoms with Gasteiger partial charge in [-0.2, -0.15) is 5.10 Å². The number of urea groups is 1. The molecular weight excluding hydrogens is 468 g/mol. The van der Waals surface area contributed by atoms with Crippen LogP contribution in [0.2, 0.25) is 5.02 Å². The van der Waals surface area contributed by atoms with Crippen LogP contribution in [0.4, 0.5) is 4.79 Å². The van der Waals surface area contributed by atoms with Crippen molar-refractivity contribution in [2.45, 2.75) is 38.8 Å². The Kier molecular flexibility index (Phi) is 8.75. The lowest BCUT2D eigenvalue weighted by atomic mass is 9.98. The maximum absolute atomic E-state index is 13.6. The van der Waals surface area contributed by atoms with Gasteiger partial charge in [-0.3, -0.25) is 4.79 Å². The largest absolute Gasteiger partial charge is 0.497 e. The van der Waals surface area contributed by atoms with Gasteiger partial charge in [0.1, 0.15) is 12.3 Å². The van der Waals surface area contributed by atoms with E-state index in [1.807, 2.05) is 63.2 Å². The second-order valence-corrected chi connectivity index (χ2v) is 9.76. The minimum Gasteiger partial charge on any atom is -0.497 e. The molecule has 0 saturated heterocycles. The molecule has 0 bridgehead atoms. The van der Waals surface area contributed by atoms with Crippen LogP contribution >= 0.6 is 11.6 Å². The van der Waals surface area contributed by atoms with E-state index in [4.69, 9.17) is 26.2 Å². The summed E-state index contributed by atoms with van der Waals surface area (Å²) in [7, 11) is 3.16. The minimum absolute atomic E-state index is 0.152. The number of hydrogen-bond acceptors (Lipinski definition) is 5. The summed E-state index contributed by atoms with van der Waals surface area (Å²) in [4.78, 5) is 27.9. The average Bonchev–Trinajstić information content (AvgIpc) is 3.26. The van der Waals surface area contributed by atoms with Gasteiger partial charge in [0, 0.05) is 36.2 Å². The van der Waals surface area contributed by atoms with E-state index in [-0.39, 0.29) is 25.0 Å². The van der Waals surface area contributed by atoms with Gasteiger partial charge in [0.25, 0.3) is 5.91 Å². The fraction of sp³-hybridized carbons (Fsp3) is 0.423. The van der Waals surface area contributed by atoms with Crippen molar-refractivity contribution >= 4 is 29.3 Å². The molecule has 2 aromatic rings. The molecule has 1 atom stereocenters. The smallest absolute Gasteiger partial charge is 0.318 e. The fourth-order valence-electron chi connectivity index (χ4n) is 3.79. The molecule has 0 aliphatic carbocycles. The molecule has 0 unspecified atom stereocenters. The van der Waals surface area contributed by atoms with Crippen LogP contribution in [0.1, 0.15) is 44.4 Å². The fourth-order valence-corrected chi connectivity index (χ4v) is 4.06. The number of nitrogens with zero attached hydrogens (tertiary/aromatic N) is 3. The number of halogens is 1. The standard InChI is InChI=1S/C26H33ClN4O4/c1-26(2,3)28-25(33)30(13-14-34-4)17-24(32)31-23(20-11-6-7-12-21(20)27)16-22(29-31)18-9-8-10-19(15-18)35-5/h6-12,15,23H,13-14,16-17H2,1-5H3,(H,28,33)/t23-/m0/s1. The summed E-state index contributed by atoms with van der Waals surface area (Å²) in [5, 5.41) is 9.61. The highest BCUT2D eigenvalue weighted by Crippen LogP contribution is 2.36. The third kappa shape index (κ3) is 6.96. The SMILES string of the molecule is COCCN(CC(=O)N1N=C(c2cccc(OC)c2)C[C@H]1c1ccccc1Cl)C(=O)NC(C)(C)C. The van der Waals surface area contributed by atoms with E-state index in [0.29, 0.717) is 23.8 Å². The zero-order chi connectivity index (χ0) is 25.6. The molecule has 0 aromatic heterocycles. The lowest BCUT2D eigenvalue weighted by Crippen LogP contribution is -2.52. The first-order valence-electron chi connectivity index (χ1n) is 11.5. The van der Waals surface area contributed by atoms with Crippen LogP contribution in [0, 0.1) is 0 Å². The molecule has 1 heterocycles. The molecule has 1 N–H and O–H groups in total. The van der Waals surface area contributed by atoms with Crippen LogP contribution in [0.25, 0.3) is 0 Å². The first-order chi connectivity index (χ1) is 16.6. The zero-order valence-corrected chi connectivity index (χ0v) is 21.6. The Morgan fingerprint density at radius 2 is 1.91 bits per heavy atom. The monoisotopic (exact) mass is 500 g/mol. The molecule has 2 aromatic carbocycles. The van der Waals surface area contributed by atoms with Crippen molar-refractivity contribution in [3.05, 3.63) is 64.7 Å². The van der Waals surface area contributed by atoms with Gasteiger partial charge >= 0.3 is 6.03 Å². The maximum atomic E-state index is 13.6. The summed E-state index contributed by atoms with van der Waals surface area (Å²) in [6.45, 7) is 6.08. The van der Waals surface area contributed by atoms with Crippen molar-refractivity contribution in [2.75, 3.05) is 33.9 Å². The van der Waals surface area contributed by atoms with Crippen molar-refractivity contribution in [1.29, 1.82) is 0 Å². The predicted molar refractivity (Wildman–Crippen MR) is 137 cm³/mol. The molecule has 0 spiro atoms. The van der Waals surface area contributed by atoms with Gasteiger partial charge in [0.2, 0.25) is 0 Å². The van der Waals surface area contributed by atoms with E-state index in [9.17, 15) is 9.59 Å². The van der Waals surface area contributed by atoms with E-state index >= 15 is 0 Å². The summed E-state index contributed by atoms with van der Waals surface area (Å²) in [5.74, 6) is 0.391. The summed E-state index contributed by atoms with van der Waals surface area (Å²) >= 11 is 6.51. The van der Waals surface area contributed by atoms with Crippen molar-refractivity contribution < 1.29 is 19.1 Å². The number of methoxy groups -OCH3 is 2. The first-order valence-corrected chi connectivity index (χ1v) is 11.8.